The zero-order valence-electron chi connectivity index (χ0n) is 15.3. The van der Waals surface area contributed by atoms with Crippen molar-refractivity contribution in [1.29, 1.82) is 0 Å². The Bertz CT molecular complexity index is 1130. The van der Waals surface area contributed by atoms with Gasteiger partial charge in [-0.25, -0.2) is 9.98 Å². The molecule has 1 aliphatic heterocycles. The second kappa shape index (κ2) is 7.41. The summed E-state index contributed by atoms with van der Waals surface area (Å²) in [7, 11) is 1.70. The molecule has 3 nitrogen and oxygen atoms in total. The van der Waals surface area contributed by atoms with E-state index in [4.69, 9.17) is 14.7 Å². The van der Waals surface area contributed by atoms with Crippen LogP contribution in [0.4, 0.5) is 5.69 Å². The van der Waals surface area contributed by atoms with Gasteiger partial charge < -0.3 is 4.74 Å². The molecule has 0 saturated carbocycles. The minimum Gasteiger partial charge on any atom is -0.497 e. The van der Waals surface area contributed by atoms with Crippen LogP contribution in [0.5, 0.6) is 5.75 Å². The van der Waals surface area contributed by atoms with E-state index < -0.39 is 0 Å². The maximum atomic E-state index is 5.32. The number of nitrogens with zero attached hydrogens (tertiary/aromatic N) is 2. The highest BCUT2D eigenvalue weighted by Crippen LogP contribution is 2.46. The lowest BCUT2D eigenvalue weighted by atomic mass is 10.1. The molecule has 3 aromatic carbocycles. The average molecular weight is 403 g/mol. The third-order valence-corrected chi connectivity index (χ3v) is 7.20. The number of hydrogen-bond donors (Lipinski definition) is 0. The molecule has 5 heteroatoms. The van der Waals surface area contributed by atoms with Crippen molar-refractivity contribution in [2.24, 2.45) is 4.99 Å². The summed E-state index contributed by atoms with van der Waals surface area (Å²) in [4.78, 5) is 11.1. The third kappa shape index (κ3) is 3.32. The molecule has 5 rings (SSSR count). The highest BCUT2D eigenvalue weighted by molar-refractivity contribution is 7.99. The first-order chi connectivity index (χ1) is 13.8. The van der Waals surface area contributed by atoms with Crippen LogP contribution >= 0.6 is 23.1 Å². The first kappa shape index (κ1) is 17.5. The quantitative estimate of drug-likeness (QED) is 0.384. The first-order valence-corrected chi connectivity index (χ1v) is 10.8. The van der Waals surface area contributed by atoms with E-state index in [1.54, 1.807) is 18.4 Å². The van der Waals surface area contributed by atoms with Gasteiger partial charge in [0.1, 0.15) is 10.8 Å². The molecule has 0 spiro atoms. The number of thiazole rings is 1. The Hall–Kier alpha value is -2.63. The summed E-state index contributed by atoms with van der Waals surface area (Å²) < 4.78 is 6.52. The molecule has 0 aliphatic carbocycles. The molecule has 28 heavy (non-hydrogen) atoms. The monoisotopic (exact) mass is 402 g/mol. The predicted octanol–water partition coefficient (Wildman–Crippen LogP) is 6.66. The summed E-state index contributed by atoms with van der Waals surface area (Å²) in [5.41, 5.74) is 4.39. The van der Waals surface area contributed by atoms with Crippen LogP contribution in [0.1, 0.15) is 22.2 Å². The number of ether oxygens (including phenoxy) is 1. The lowest BCUT2D eigenvalue weighted by Crippen LogP contribution is -2.05. The topological polar surface area (TPSA) is 34.5 Å². The Labute approximate surface area is 172 Å². The van der Waals surface area contributed by atoms with Crippen LogP contribution < -0.4 is 4.74 Å². The summed E-state index contributed by atoms with van der Waals surface area (Å²) in [5, 5.41) is 1.29. The van der Waals surface area contributed by atoms with Gasteiger partial charge in [0.05, 0.1) is 28.7 Å². The van der Waals surface area contributed by atoms with Gasteiger partial charge in [-0.3, -0.25) is 0 Å². The molecule has 2 heterocycles. The number of aromatic nitrogens is 1. The van der Waals surface area contributed by atoms with Crippen molar-refractivity contribution in [3.05, 3.63) is 83.4 Å². The second-order valence-electron chi connectivity index (χ2n) is 6.60. The predicted molar refractivity (Wildman–Crippen MR) is 118 cm³/mol. The molecule has 0 radical (unpaired) electrons. The number of benzene rings is 3. The fourth-order valence-electron chi connectivity index (χ4n) is 3.35. The number of methoxy groups -OCH3 is 1. The van der Waals surface area contributed by atoms with Gasteiger partial charge in [-0.2, -0.15) is 0 Å². The minimum atomic E-state index is 0.278. The summed E-state index contributed by atoms with van der Waals surface area (Å²) in [6.45, 7) is 0. The Balaban J connectivity index is 1.59. The van der Waals surface area contributed by atoms with Gasteiger partial charge in [0.25, 0.3) is 0 Å². The number of aliphatic imine (C=N–C) groups is 1. The SMILES string of the molecule is COc1ccc(C2CC(c3nc4ccccc4s3)=Nc3ccccc3S2)cc1. The van der Waals surface area contributed by atoms with Gasteiger partial charge in [0.15, 0.2) is 0 Å². The van der Waals surface area contributed by atoms with Crippen LogP contribution in [0.2, 0.25) is 0 Å². The molecule has 1 atom stereocenters. The summed E-state index contributed by atoms with van der Waals surface area (Å²) in [6, 6.07) is 25.0. The summed E-state index contributed by atoms with van der Waals surface area (Å²) in [5.74, 6) is 0.878. The lowest BCUT2D eigenvalue weighted by Gasteiger charge is -2.16. The standard InChI is InChI=1S/C23H18N2OS2/c1-26-16-12-10-15(11-13-16)22-14-19(24-17-6-2-4-8-20(17)27-22)23-25-18-7-3-5-9-21(18)28-23/h2-13,22H,14H2,1H3. The van der Waals surface area contributed by atoms with Crippen LogP contribution in [0, 0.1) is 0 Å². The van der Waals surface area contributed by atoms with Crippen molar-refractivity contribution in [3.63, 3.8) is 0 Å². The van der Waals surface area contributed by atoms with Crippen molar-refractivity contribution >= 4 is 44.7 Å². The highest BCUT2D eigenvalue weighted by Gasteiger charge is 2.24. The maximum absolute atomic E-state index is 5.32. The van der Waals surface area contributed by atoms with E-state index in [-0.39, 0.29) is 5.25 Å². The van der Waals surface area contributed by atoms with Gasteiger partial charge >= 0.3 is 0 Å². The largest absolute Gasteiger partial charge is 0.497 e. The first-order valence-electron chi connectivity index (χ1n) is 9.13. The van der Waals surface area contributed by atoms with Crippen molar-refractivity contribution in [2.45, 2.75) is 16.6 Å². The number of fused-ring (bicyclic) bond motifs is 2. The molecular formula is C23H18N2OS2. The molecular weight excluding hydrogens is 384 g/mol. The molecule has 138 valence electrons. The molecule has 0 N–H and O–H groups in total. The maximum Gasteiger partial charge on any atom is 0.138 e. The number of rotatable bonds is 3. The van der Waals surface area contributed by atoms with Crippen molar-refractivity contribution in [3.8, 4) is 5.75 Å². The lowest BCUT2D eigenvalue weighted by molar-refractivity contribution is 0.414. The fraction of sp³-hybridized carbons (Fsp3) is 0.130. The van der Waals surface area contributed by atoms with Crippen molar-refractivity contribution < 1.29 is 4.74 Å². The number of hydrogen-bond acceptors (Lipinski definition) is 5. The van der Waals surface area contributed by atoms with E-state index in [9.17, 15) is 0 Å². The van der Waals surface area contributed by atoms with Crippen molar-refractivity contribution in [2.75, 3.05) is 7.11 Å². The average Bonchev–Trinajstić information content (AvgIpc) is 3.08. The molecule has 0 fully saturated rings. The van der Waals surface area contributed by atoms with Crippen molar-refractivity contribution in [1.82, 2.24) is 4.98 Å². The normalized spacial score (nSPS) is 16.3. The van der Waals surface area contributed by atoms with E-state index >= 15 is 0 Å². The molecule has 1 unspecified atom stereocenters. The summed E-state index contributed by atoms with van der Waals surface area (Å²) >= 11 is 3.59. The second-order valence-corrected chi connectivity index (χ2v) is 8.87. The Morgan fingerprint density at radius 1 is 0.929 bits per heavy atom. The Morgan fingerprint density at radius 2 is 1.71 bits per heavy atom. The van der Waals surface area contributed by atoms with Crippen LogP contribution in [0.3, 0.4) is 0 Å². The minimum absolute atomic E-state index is 0.278. The van der Waals surface area contributed by atoms with Crippen LogP contribution in [0.15, 0.2) is 82.7 Å². The summed E-state index contributed by atoms with van der Waals surface area (Å²) in [6.07, 6.45) is 0.839. The van der Waals surface area contributed by atoms with Crippen LogP contribution in [-0.4, -0.2) is 17.8 Å². The molecule has 0 saturated heterocycles. The number of para-hydroxylation sites is 2. The Kier molecular flexibility index (Phi) is 4.63. The van der Waals surface area contributed by atoms with E-state index in [1.165, 1.54) is 15.2 Å². The van der Waals surface area contributed by atoms with Gasteiger partial charge in [0.2, 0.25) is 0 Å². The Morgan fingerprint density at radius 3 is 2.54 bits per heavy atom. The number of thioether (sulfide) groups is 1. The van der Waals surface area contributed by atoms with E-state index in [2.05, 4.69) is 48.5 Å². The molecule has 1 aliphatic rings. The molecule has 0 bridgehead atoms. The third-order valence-electron chi connectivity index (χ3n) is 4.80. The van der Waals surface area contributed by atoms with E-state index in [0.29, 0.717) is 0 Å². The molecule has 4 aromatic rings. The zero-order chi connectivity index (χ0) is 18.9. The van der Waals surface area contributed by atoms with Crippen LogP contribution in [0.25, 0.3) is 10.2 Å². The fourth-order valence-corrected chi connectivity index (χ4v) is 5.54. The molecule has 0 amide bonds. The van der Waals surface area contributed by atoms with Gasteiger partial charge in [-0.1, -0.05) is 36.4 Å². The smallest absolute Gasteiger partial charge is 0.138 e. The van der Waals surface area contributed by atoms with E-state index in [0.717, 1.165) is 34.1 Å². The zero-order valence-corrected chi connectivity index (χ0v) is 17.0. The van der Waals surface area contributed by atoms with Gasteiger partial charge in [-0.05, 0) is 42.0 Å². The molecule has 1 aromatic heterocycles. The van der Waals surface area contributed by atoms with Crippen LogP contribution in [-0.2, 0) is 0 Å². The van der Waals surface area contributed by atoms with Gasteiger partial charge in [0, 0.05) is 16.6 Å². The van der Waals surface area contributed by atoms with E-state index in [1.807, 2.05) is 36.0 Å². The van der Waals surface area contributed by atoms with Gasteiger partial charge in [-0.15, -0.1) is 23.1 Å². The highest BCUT2D eigenvalue weighted by atomic mass is 32.2.